The molecular formula is C26H20N6O5S2. The third-order valence-electron chi connectivity index (χ3n) is 5.05. The SMILES string of the molecule is O=[N+]([O-])c1ccc(N=C(S)Nc2ccc(Oc3ccc(NC(S)=Nc4ccc([N+](=O)[O-])cc4)cc3)cc2)cc1. The first-order chi connectivity index (χ1) is 18.7. The predicted octanol–water partition coefficient (Wildman–Crippen LogP) is 7.35. The smallest absolute Gasteiger partial charge is 0.269 e. The third-order valence-corrected chi connectivity index (χ3v) is 5.47. The van der Waals surface area contributed by atoms with Gasteiger partial charge in [-0.2, -0.15) is 0 Å². The van der Waals surface area contributed by atoms with Crippen LogP contribution in [0.3, 0.4) is 0 Å². The zero-order valence-corrected chi connectivity index (χ0v) is 21.8. The number of nitrogens with zero attached hydrogens (tertiary/aromatic N) is 4. The number of rotatable bonds is 8. The maximum absolute atomic E-state index is 10.8. The maximum atomic E-state index is 10.8. The number of nitrogens with one attached hydrogen (secondary N) is 2. The van der Waals surface area contributed by atoms with E-state index in [-0.39, 0.29) is 11.4 Å². The lowest BCUT2D eigenvalue weighted by Gasteiger charge is -2.10. The molecule has 0 heterocycles. The lowest BCUT2D eigenvalue weighted by Crippen LogP contribution is -2.04. The fraction of sp³-hybridized carbons (Fsp3) is 0. The maximum Gasteiger partial charge on any atom is 0.269 e. The van der Waals surface area contributed by atoms with E-state index in [4.69, 9.17) is 4.74 Å². The van der Waals surface area contributed by atoms with E-state index in [1.54, 1.807) is 48.5 Å². The van der Waals surface area contributed by atoms with E-state index in [2.05, 4.69) is 45.9 Å². The van der Waals surface area contributed by atoms with Crippen LogP contribution in [0, 0.1) is 20.2 Å². The highest BCUT2D eigenvalue weighted by Gasteiger charge is 2.06. The molecule has 0 bridgehead atoms. The van der Waals surface area contributed by atoms with Crippen LogP contribution in [-0.4, -0.2) is 20.2 Å². The van der Waals surface area contributed by atoms with Crippen molar-refractivity contribution < 1.29 is 14.6 Å². The van der Waals surface area contributed by atoms with Crippen LogP contribution < -0.4 is 15.4 Å². The van der Waals surface area contributed by atoms with E-state index in [1.165, 1.54) is 48.5 Å². The second-order valence-corrected chi connectivity index (χ2v) is 8.67. The minimum absolute atomic E-state index is 0.0101. The minimum Gasteiger partial charge on any atom is -0.457 e. The molecule has 0 radical (unpaired) electrons. The van der Waals surface area contributed by atoms with Gasteiger partial charge in [0.05, 0.1) is 21.2 Å². The second kappa shape index (κ2) is 12.6. The van der Waals surface area contributed by atoms with Crippen LogP contribution in [0.5, 0.6) is 11.5 Å². The summed E-state index contributed by atoms with van der Waals surface area (Å²) >= 11 is 8.65. The summed E-state index contributed by atoms with van der Waals surface area (Å²) < 4.78 is 5.89. The lowest BCUT2D eigenvalue weighted by molar-refractivity contribution is -0.385. The Bertz CT molecular complexity index is 1410. The van der Waals surface area contributed by atoms with Crippen LogP contribution in [0.4, 0.5) is 34.1 Å². The van der Waals surface area contributed by atoms with E-state index in [9.17, 15) is 20.2 Å². The molecule has 2 N–H and O–H groups in total. The molecule has 0 atom stereocenters. The van der Waals surface area contributed by atoms with Crippen molar-refractivity contribution in [1.82, 2.24) is 0 Å². The molecule has 39 heavy (non-hydrogen) atoms. The highest BCUT2D eigenvalue weighted by atomic mass is 32.1. The number of nitro groups is 2. The van der Waals surface area contributed by atoms with Crippen molar-refractivity contribution in [3.8, 4) is 11.5 Å². The number of non-ortho nitro benzene ring substituents is 2. The first-order valence-corrected chi connectivity index (χ1v) is 12.1. The number of aliphatic imine (C=N–C) groups is 2. The van der Waals surface area contributed by atoms with Crippen LogP contribution in [0.1, 0.15) is 0 Å². The largest absolute Gasteiger partial charge is 0.457 e. The lowest BCUT2D eigenvalue weighted by atomic mass is 10.3. The van der Waals surface area contributed by atoms with Crippen molar-refractivity contribution >= 4 is 69.7 Å². The summed E-state index contributed by atoms with van der Waals surface area (Å²) in [5, 5.41) is 28.2. The predicted molar refractivity (Wildman–Crippen MR) is 159 cm³/mol. The molecule has 0 aliphatic carbocycles. The first-order valence-electron chi connectivity index (χ1n) is 11.2. The van der Waals surface area contributed by atoms with E-state index in [0.29, 0.717) is 33.2 Å². The molecule has 4 rings (SSSR count). The van der Waals surface area contributed by atoms with Gasteiger partial charge in [-0.25, -0.2) is 9.98 Å². The van der Waals surface area contributed by atoms with Gasteiger partial charge in [-0.3, -0.25) is 20.2 Å². The molecule has 0 amide bonds. The van der Waals surface area contributed by atoms with E-state index in [0.717, 1.165) is 11.4 Å². The van der Waals surface area contributed by atoms with Gasteiger partial charge < -0.3 is 15.4 Å². The fourth-order valence-electron chi connectivity index (χ4n) is 3.21. The minimum atomic E-state index is -0.470. The number of thiol groups is 2. The molecule has 4 aromatic rings. The molecule has 0 unspecified atom stereocenters. The standard InChI is InChI=1S/C26H20N6O5S2/c33-31(34)21-9-1-17(2-10-21)27-25(38)29-19-5-13-23(14-6-19)37-24-15-7-20(8-16-24)30-26(39)28-18-3-11-22(12-4-18)32(35)36/h1-16H,(H2,27,29,38)(H2,28,30,39). The average molecular weight is 561 g/mol. The van der Waals surface area contributed by atoms with Crippen LogP contribution in [0.25, 0.3) is 0 Å². The Kier molecular flexibility index (Phi) is 8.76. The van der Waals surface area contributed by atoms with Crippen LogP contribution >= 0.6 is 25.3 Å². The van der Waals surface area contributed by atoms with E-state index < -0.39 is 9.85 Å². The highest BCUT2D eigenvalue weighted by Crippen LogP contribution is 2.26. The van der Waals surface area contributed by atoms with Gasteiger partial charge in [0.15, 0.2) is 10.3 Å². The Hall–Kier alpha value is -4.88. The number of ether oxygens (including phenoxy) is 1. The number of benzene rings is 4. The zero-order valence-electron chi connectivity index (χ0n) is 20.0. The van der Waals surface area contributed by atoms with Gasteiger partial charge in [0.25, 0.3) is 11.4 Å². The molecule has 0 spiro atoms. The quantitative estimate of drug-likeness (QED) is 0.0579. The van der Waals surface area contributed by atoms with Gasteiger partial charge in [-0.1, -0.05) is 0 Å². The summed E-state index contributed by atoms with van der Waals surface area (Å²) in [4.78, 5) is 29.1. The summed E-state index contributed by atoms with van der Waals surface area (Å²) in [5.74, 6) is 1.23. The Morgan fingerprint density at radius 3 is 1.23 bits per heavy atom. The molecule has 0 saturated heterocycles. The Balaban J connectivity index is 1.31. The molecule has 0 fully saturated rings. The van der Waals surface area contributed by atoms with Gasteiger partial charge in [-0.15, -0.1) is 25.3 Å². The summed E-state index contributed by atoms with van der Waals surface area (Å²) in [6.07, 6.45) is 0. The molecule has 0 aliphatic rings. The van der Waals surface area contributed by atoms with Crippen molar-refractivity contribution in [2.75, 3.05) is 10.6 Å². The molecular weight excluding hydrogens is 540 g/mol. The Labute approximate surface area is 233 Å². The van der Waals surface area contributed by atoms with Crippen molar-refractivity contribution in [3.63, 3.8) is 0 Å². The number of hydrogen-bond donors (Lipinski definition) is 4. The number of anilines is 2. The normalized spacial score (nSPS) is 11.5. The molecule has 13 heteroatoms. The van der Waals surface area contributed by atoms with Crippen LogP contribution in [0.15, 0.2) is 107 Å². The van der Waals surface area contributed by atoms with E-state index >= 15 is 0 Å². The van der Waals surface area contributed by atoms with Gasteiger partial charge in [-0.05, 0) is 72.8 Å². The van der Waals surface area contributed by atoms with Gasteiger partial charge in [0, 0.05) is 35.6 Å². The van der Waals surface area contributed by atoms with Crippen molar-refractivity contribution in [1.29, 1.82) is 0 Å². The molecule has 196 valence electrons. The van der Waals surface area contributed by atoms with Gasteiger partial charge >= 0.3 is 0 Å². The van der Waals surface area contributed by atoms with Crippen LogP contribution in [0.2, 0.25) is 0 Å². The third kappa shape index (κ3) is 8.05. The van der Waals surface area contributed by atoms with Gasteiger partial charge in [0.2, 0.25) is 0 Å². The summed E-state index contributed by atoms with van der Waals surface area (Å²) in [6.45, 7) is 0. The topological polar surface area (TPSA) is 144 Å². The molecule has 4 aromatic carbocycles. The molecule has 0 saturated carbocycles. The van der Waals surface area contributed by atoms with Crippen molar-refractivity contribution in [2.45, 2.75) is 0 Å². The zero-order chi connectivity index (χ0) is 27.8. The Morgan fingerprint density at radius 2 is 0.923 bits per heavy atom. The van der Waals surface area contributed by atoms with Crippen molar-refractivity contribution in [3.05, 3.63) is 117 Å². The fourth-order valence-corrected chi connectivity index (χ4v) is 3.69. The molecule has 0 aliphatic heterocycles. The summed E-state index contributed by atoms with van der Waals surface area (Å²) in [5.41, 5.74) is 2.49. The summed E-state index contributed by atoms with van der Waals surface area (Å²) in [6, 6.07) is 26.0. The van der Waals surface area contributed by atoms with E-state index in [1.807, 2.05) is 0 Å². The number of nitro benzene ring substituents is 2. The van der Waals surface area contributed by atoms with Crippen LogP contribution in [-0.2, 0) is 0 Å². The number of amidine groups is 2. The summed E-state index contributed by atoms with van der Waals surface area (Å²) in [7, 11) is 0. The second-order valence-electron chi connectivity index (χ2n) is 7.82. The highest BCUT2D eigenvalue weighted by molar-refractivity contribution is 7.97. The first kappa shape index (κ1) is 27.2. The number of hydrogen-bond acceptors (Lipinski definition) is 7. The van der Waals surface area contributed by atoms with Crippen molar-refractivity contribution in [2.24, 2.45) is 9.98 Å². The van der Waals surface area contributed by atoms with Gasteiger partial charge in [0.1, 0.15) is 11.5 Å². The monoisotopic (exact) mass is 560 g/mol. The Morgan fingerprint density at radius 1 is 0.590 bits per heavy atom. The molecule has 0 aromatic heterocycles. The average Bonchev–Trinajstić information content (AvgIpc) is 2.91. The molecule has 11 nitrogen and oxygen atoms in total.